The van der Waals surface area contributed by atoms with Crippen LogP contribution in [0, 0.1) is 17.8 Å². The molecule has 4 bridgehead atoms. The summed E-state index contributed by atoms with van der Waals surface area (Å²) < 4.78 is 6.39. The molecule has 0 spiro atoms. The lowest BCUT2D eigenvalue weighted by Crippen LogP contribution is -2.55. The number of nitrogens with two attached hydrogens (primary N) is 1. The molecule has 4 N–H and O–H groups in total. The zero-order valence-corrected chi connectivity index (χ0v) is 23.6. The van der Waals surface area contributed by atoms with Crippen molar-refractivity contribution in [3.63, 3.8) is 0 Å². The van der Waals surface area contributed by atoms with Gasteiger partial charge in [-0.3, -0.25) is 4.79 Å². The van der Waals surface area contributed by atoms with Crippen molar-refractivity contribution in [3.05, 3.63) is 95.1 Å². The Morgan fingerprint density at radius 1 is 0.854 bits per heavy atom. The van der Waals surface area contributed by atoms with Crippen molar-refractivity contribution in [1.29, 1.82) is 0 Å². The molecule has 4 aliphatic carbocycles. The first kappa shape index (κ1) is 27.4. The first-order chi connectivity index (χ1) is 19.8. The van der Waals surface area contributed by atoms with Crippen LogP contribution in [0.4, 0.5) is 5.69 Å². The average Bonchev–Trinajstić information content (AvgIpc) is 2.95. The Morgan fingerprint density at radius 2 is 1.49 bits per heavy atom. The Balaban J connectivity index is 1.16. The maximum atomic E-state index is 13.7. The molecule has 0 aliphatic heterocycles. The monoisotopic (exact) mass is 552 g/mol. The molecule has 3 aromatic rings. The Labute approximate surface area is 242 Å². The number of hydrogen-bond acceptors (Lipinski definition) is 5. The van der Waals surface area contributed by atoms with Gasteiger partial charge < -0.3 is 20.9 Å². The highest BCUT2D eigenvalue weighted by Gasteiger charge is 2.53. The van der Waals surface area contributed by atoms with Gasteiger partial charge in [-0.05, 0) is 129 Å². The molecule has 3 aromatic carbocycles. The SMILES string of the molecule is Nc1ccc(C(=O)N[C@@H](CCc2ccccc2)C(=O)OC23CC4CC(CC(C4)C2)C3)cc1CCc1ccc(O)cc1. The summed E-state index contributed by atoms with van der Waals surface area (Å²) in [6.07, 6.45) is 9.25. The molecule has 6 nitrogen and oxygen atoms in total. The smallest absolute Gasteiger partial charge is 0.329 e. The van der Waals surface area contributed by atoms with Crippen LogP contribution < -0.4 is 11.1 Å². The predicted molar refractivity (Wildman–Crippen MR) is 159 cm³/mol. The molecule has 0 radical (unpaired) electrons. The number of carbonyl (C=O) groups is 2. The van der Waals surface area contributed by atoms with Crippen LogP contribution in [0.2, 0.25) is 0 Å². The molecule has 7 rings (SSSR count). The number of rotatable bonds is 10. The molecule has 41 heavy (non-hydrogen) atoms. The summed E-state index contributed by atoms with van der Waals surface area (Å²) in [5.41, 5.74) is 10.1. The highest BCUT2D eigenvalue weighted by atomic mass is 16.6. The summed E-state index contributed by atoms with van der Waals surface area (Å²) in [7, 11) is 0. The lowest BCUT2D eigenvalue weighted by atomic mass is 9.54. The zero-order valence-electron chi connectivity index (χ0n) is 23.6. The van der Waals surface area contributed by atoms with Gasteiger partial charge in [-0.25, -0.2) is 4.79 Å². The Kier molecular flexibility index (Phi) is 7.74. The van der Waals surface area contributed by atoms with Crippen LogP contribution in [0.1, 0.15) is 72.0 Å². The molecule has 6 heteroatoms. The van der Waals surface area contributed by atoms with Gasteiger partial charge in [0.2, 0.25) is 0 Å². The topological polar surface area (TPSA) is 102 Å². The van der Waals surface area contributed by atoms with Crippen LogP contribution >= 0.6 is 0 Å². The fourth-order valence-electron chi connectivity index (χ4n) is 7.79. The number of carbonyl (C=O) groups excluding carboxylic acids is 2. The van der Waals surface area contributed by atoms with Crippen molar-refractivity contribution in [1.82, 2.24) is 5.32 Å². The van der Waals surface area contributed by atoms with Gasteiger partial charge in [0.1, 0.15) is 17.4 Å². The molecule has 4 aliphatic rings. The minimum absolute atomic E-state index is 0.232. The number of benzene rings is 3. The van der Waals surface area contributed by atoms with Gasteiger partial charge in [0.15, 0.2) is 0 Å². The van der Waals surface area contributed by atoms with E-state index in [0.29, 0.717) is 48.3 Å². The number of hydrogen-bond donors (Lipinski definition) is 3. The van der Waals surface area contributed by atoms with Crippen LogP contribution in [0.5, 0.6) is 5.75 Å². The second-order valence-electron chi connectivity index (χ2n) is 12.7. The molecule has 214 valence electrons. The Morgan fingerprint density at radius 3 is 2.15 bits per heavy atom. The molecule has 1 amide bonds. The highest BCUT2D eigenvalue weighted by Crippen LogP contribution is 2.57. The molecule has 0 aromatic heterocycles. The summed E-state index contributed by atoms with van der Waals surface area (Å²) in [4.78, 5) is 27.3. The minimum Gasteiger partial charge on any atom is -0.508 e. The lowest BCUT2D eigenvalue weighted by molar-refractivity contribution is -0.188. The molecule has 1 atom stereocenters. The molecule has 0 unspecified atom stereocenters. The van der Waals surface area contributed by atoms with E-state index in [1.54, 1.807) is 24.3 Å². The maximum absolute atomic E-state index is 13.7. The van der Waals surface area contributed by atoms with E-state index in [4.69, 9.17) is 10.5 Å². The zero-order chi connectivity index (χ0) is 28.4. The van der Waals surface area contributed by atoms with Crippen LogP contribution in [0.15, 0.2) is 72.8 Å². The fourth-order valence-corrected chi connectivity index (χ4v) is 7.79. The third kappa shape index (κ3) is 6.42. The van der Waals surface area contributed by atoms with E-state index in [1.165, 1.54) is 19.3 Å². The molecule has 0 heterocycles. The number of nitrogen functional groups attached to an aromatic ring is 1. The van der Waals surface area contributed by atoms with Crippen molar-refractivity contribution in [2.45, 2.75) is 75.9 Å². The van der Waals surface area contributed by atoms with Crippen molar-refractivity contribution < 1.29 is 19.4 Å². The second kappa shape index (κ2) is 11.6. The van der Waals surface area contributed by atoms with E-state index < -0.39 is 6.04 Å². The number of phenolic OH excluding ortho intramolecular Hbond substituents is 1. The van der Waals surface area contributed by atoms with Crippen molar-refractivity contribution >= 4 is 17.6 Å². The lowest BCUT2D eigenvalue weighted by Gasteiger charge is -2.55. The molecule has 0 saturated heterocycles. The predicted octanol–water partition coefficient (Wildman–Crippen LogP) is 6.00. The van der Waals surface area contributed by atoms with Gasteiger partial charge in [-0.15, -0.1) is 0 Å². The Bertz CT molecular complexity index is 1350. The fraction of sp³-hybridized carbons (Fsp3) is 0.429. The summed E-state index contributed by atoms with van der Waals surface area (Å²) >= 11 is 0. The molecule has 4 saturated carbocycles. The van der Waals surface area contributed by atoms with E-state index >= 15 is 0 Å². The standard InChI is InChI=1S/C35H40N2O4/c36-31-14-11-29(19-28(31)10-6-24-7-12-30(38)13-8-24)33(39)37-32(15-9-23-4-2-1-3-5-23)34(40)41-35-20-25-16-26(21-35)18-27(17-25)22-35/h1-5,7-8,11-14,19,25-27,32,38H,6,9-10,15-18,20-22,36H2,(H,37,39)/t25?,26?,27?,32-,35?/m0/s1. The third-order valence-electron chi connectivity index (χ3n) is 9.48. The second-order valence-corrected chi connectivity index (χ2v) is 12.7. The van der Waals surface area contributed by atoms with Gasteiger partial charge in [0.25, 0.3) is 5.91 Å². The quantitative estimate of drug-likeness (QED) is 0.211. The van der Waals surface area contributed by atoms with Crippen molar-refractivity contribution in [2.24, 2.45) is 17.8 Å². The summed E-state index contributed by atoms with van der Waals surface area (Å²) in [6.45, 7) is 0. The average molecular weight is 553 g/mol. The third-order valence-corrected chi connectivity index (χ3v) is 9.48. The first-order valence-electron chi connectivity index (χ1n) is 15.1. The number of amides is 1. The number of aromatic hydroxyl groups is 1. The molecular weight excluding hydrogens is 512 g/mol. The van der Waals surface area contributed by atoms with Gasteiger partial charge in [0, 0.05) is 11.3 Å². The van der Waals surface area contributed by atoms with Crippen LogP contribution in [-0.2, 0) is 28.8 Å². The van der Waals surface area contributed by atoms with Crippen molar-refractivity contribution in [2.75, 3.05) is 5.73 Å². The maximum Gasteiger partial charge on any atom is 0.329 e. The molecule has 4 fully saturated rings. The van der Waals surface area contributed by atoms with E-state index in [-0.39, 0.29) is 23.2 Å². The normalized spacial score (nSPS) is 25.0. The number of anilines is 1. The van der Waals surface area contributed by atoms with E-state index in [9.17, 15) is 14.7 Å². The largest absolute Gasteiger partial charge is 0.508 e. The van der Waals surface area contributed by atoms with Crippen molar-refractivity contribution in [3.8, 4) is 5.75 Å². The summed E-state index contributed by atoms with van der Waals surface area (Å²) in [5.74, 6) is 1.63. The van der Waals surface area contributed by atoms with Crippen LogP contribution in [0.3, 0.4) is 0 Å². The van der Waals surface area contributed by atoms with E-state index in [2.05, 4.69) is 5.32 Å². The van der Waals surface area contributed by atoms with Gasteiger partial charge in [-0.2, -0.15) is 0 Å². The highest BCUT2D eigenvalue weighted by molar-refractivity contribution is 5.97. The summed E-state index contributed by atoms with van der Waals surface area (Å²) in [5, 5.41) is 12.6. The van der Waals surface area contributed by atoms with E-state index in [0.717, 1.165) is 42.4 Å². The van der Waals surface area contributed by atoms with Gasteiger partial charge >= 0.3 is 5.97 Å². The first-order valence-corrected chi connectivity index (χ1v) is 15.1. The summed E-state index contributed by atoms with van der Waals surface area (Å²) in [6, 6.07) is 21.7. The van der Waals surface area contributed by atoms with E-state index in [1.807, 2.05) is 48.5 Å². The minimum atomic E-state index is -0.728. The number of ether oxygens (including phenoxy) is 1. The van der Waals surface area contributed by atoms with Crippen LogP contribution in [-0.4, -0.2) is 28.6 Å². The number of nitrogens with one attached hydrogen (secondary N) is 1. The number of aryl methyl sites for hydroxylation is 3. The molecular formula is C35H40N2O4. The number of esters is 1. The van der Waals surface area contributed by atoms with Crippen LogP contribution in [0.25, 0.3) is 0 Å². The van der Waals surface area contributed by atoms with Gasteiger partial charge in [0.05, 0.1) is 0 Å². The number of phenols is 1. The van der Waals surface area contributed by atoms with Gasteiger partial charge in [-0.1, -0.05) is 42.5 Å². The Hall–Kier alpha value is -3.80.